The number of fused-ring (bicyclic) bond motifs is 1. The van der Waals surface area contributed by atoms with E-state index in [-0.39, 0.29) is 12.6 Å². The number of carbonyl (C=O) groups excluding carboxylic acids is 2. The van der Waals surface area contributed by atoms with Crippen LogP contribution in [0.4, 0.5) is 16.3 Å². The van der Waals surface area contributed by atoms with E-state index in [1.54, 1.807) is 26.4 Å². The van der Waals surface area contributed by atoms with E-state index >= 15 is 0 Å². The Bertz CT molecular complexity index is 1250. The summed E-state index contributed by atoms with van der Waals surface area (Å²) < 4.78 is 10.6. The lowest BCUT2D eigenvalue weighted by molar-refractivity contribution is 0.0532. The number of ether oxygens (including phenoxy) is 2. The molecule has 188 valence electrons. The lowest BCUT2D eigenvalue weighted by Crippen LogP contribution is -2.39. The number of methoxy groups -OCH3 is 1. The van der Waals surface area contributed by atoms with Crippen molar-refractivity contribution in [3.63, 3.8) is 0 Å². The Balaban J connectivity index is 1.40. The first-order valence-electron chi connectivity index (χ1n) is 12.1. The van der Waals surface area contributed by atoms with Crippen LogP contribution in [-0.2, 0) is 22.6 Å². The number of hydrogen-bond acceptors (Lipinski definition) is 8. The van der Waals surface area contributed by atoms with Crippen LogP contribution in [0.25, 0.3) is 10.6 Å². The van der Waals surface area contributed by atoms with Crippen LogP contribution in [0.1, 0.15) is 40.6 Å². The van der Waals surface area contributed by atoms with E-state index in [1.165, 1.54) is 22.7 Å². The molecule has 0 radical (unpaired) electrons. The number of rotatable bonds is 8. The smallest absolute Gasteiger partial charge is 0.352 e. The standard InChI is InChI=1S/C26H29N5O4S/c1-3-35-25(32)22-23(29-24(36-22)18-8-10-27-11-9-18)31-15-19-7-6-17(13-21(19)28-26(31)33)14-30-12-4-5-20(30)16-34-2/h6-11,13,20H,3-5,12,14-16H2,1-2H3,(H,28,33)/t20-/m0/s1. The number of carbonyl (C=O) groups is 2. The lowest BCUT2D eigenvalue weighted by atomic mass is 10.1. The van der Waals surface area contributed by atoms with Gasteiger partial charge in [-0.15, -0.1) is 11.3 Å². The van der Waals surface area contributed by atoms with Crippen molar-refractivity contribution >= 4 is 34.8 Å². The van der Waals surface area contributed by atoms with Crippen molar-refractivity contribution in [2.75, 3.05) is 37.1 Å². The number of nitrogens with one attached hydrogen (secondary N) is 1. The van der Waals surface area contributed by atoms with Gasteiger partial charge in [-0.05, 0) is 55.6 Å². The van der Waals surface area contributed by atoms with Gasteiger partial charge in [-0.25, -0.2) is 14.6 Å². The highest BCUT2D eigenvalue weighted by Crippen LogP contribution is 2.37. The molecule has 0 saturated carbocycles. The van der Waals surface area contributed by atoms with Crippen molar-refractivity contribution in [1.82, 2.24) is 14.9 Å². The Hall–Kier alpha value is -3.34. The summed E-state index contributed by atoms with van der Waals surface area (Å²) >= 11 is 1.21. The summed E-state index contributed by atoms with van der Waals surface area (Å²) in [5, 5.41) is 3.63. The predicted molar refractivity (Wildman–Crippen MR) is 138 cm³/mol. The molecule has 5 rings (SSSR count). The summed E-state index contributed by atoms with van der Waals surface area (Å²) in [6.45, 7) is 4.89. The molecule has 1 atom stereocenters. The topological polar surface area (TPSA) is 96.9 Å². The monoisotopic (exact) mass is 507 g/mol. The lowest BCUT2D eigenvalue weighted by Gasteiger charge is -2.29. The summed E-state index contributed by atoms with van der Waals surface area (Å²) in [5.41, 5.74) is 3.72. The minimum Gasteiger partial charge on any atom is -0.462 e. The third-order valence-electron chi connectivity index (χ3n) is 6.49. The van der Waals surface area contributed by atoms with Gasteiger partial charge in [-0.3, -0.25) is 14.8 Å². The molecule has 10 heteroatoms. The highest BCUT2D eigenvalue weighted by molar-refractivity contribution is 7.17. The zero-order chi connectivity index (χ0) is 25.1. The second-order valence-electron chi connectivity index (χ2n) is 8.86. The van der Waals surface area contributed by atoms with E-state index in [1.807, 2.05) is 24.3 Å². The van der Waals surface area contributed by atoms with Crippen molar-refractivity contribution in [2.24, 2.45) is 0 Å². The number of pyridine rings is 1. The largest absolute Gasteiger partial charge is 0.462 e. The number of anilines is 2. The molecule has 2 aromatic heterocycles. The number of urea groups is 1. The minimum absolute atomic E-state index is 0.237. The Kier molecular flexibility index (Phi) is 7.26. The molecule has 1 aromatic carbocycles. The highest BCUT2D eigenvalue weighted by atomic mass is 32.1. The Morgan fingerprint density at radius 1 is 1.25 bits per heavy atom. The molecule has 9 nitrogen and oxygen atoms in total. The second kappa shape index (κ2) is 10.7. The number of benzene rings is 1. The summed E-state index contributed by atoms with van der Waals surface area (Å²) in [4.78, 5) is 38.9. The number of nitrogens with zero attached hydrogens (tertiary/aromatic N) is 4. The quantitative estimate of drug-likeness (QED) is 0.447. The maximum absolute atomic E-state index is 13.2. The van der Waals surface area contributed by atoms with Crippen molar-refractivity contribution in [3.05, 3.63) is 58.7 Å². The molecule has 2 aliphatic rings. The van der Waals surface area contributed by atoms with Gasteiger partial charge < -0.3 is 14.8 Å². The zero-order valence-corrected chi connectivity index (χ0v) is 21.2. The first-order valence-corrected chi connectivity index (χ1v) is 12.9. The summed E-state index contributed by atoms with van der Waals surface area (Å²) in [7, 11) is 1.74. The molecule has 0 unspecified atom stereocenters. The van der Waals surface area contributed by atoms with Gasteiger partial charge in [-0.1, -0.05) is 12.1 Å². The van der Waals surface area contributed by atoms with Crippen LogP contribution in [0.3, 0.4) is 0 Å². The van der Waals surface area contributed by atoms with E-state index in [0.29, 0.717) is 28.3 Å². The minimum atomic E-state index is -0.490. The van der Waals surface area contributed by atoms with Crippen LogP contribution in [0.5, 0.6) is 0 Å². The maximum atomic E-state index is 13.2. The third-order valence-corrected chi connectivity index (χ3v) is 7.56. The van der Waals surface area contributed by atoms with Gasteiger partial charge in [-0.2, -0.15) is 0 Å². The summed E-state index contributed by atoms with van der Waals surface area (Å²) in [6.07, 6.45) is 5.65. The molecule has 3 aromatic rings. The van der Waals surface area contributed by atoms with Gasteiger partial charge in [0.15, 0.2) is 10.7 Å². The number of aromatic nitrogens is 2. The van der Waals surface area contributed by atoms with Crippen LogP contribution in [-0.4, -0.2) is 59.8 Å². The van der Waals surface area contributed by atoms with Gasteiger partial charge in [0.2, 0.25) is 0 Å². The van der Waals surface area contributed by atoms with Crippen LogP contribution in [0.2, 0.25) is 0 Å². The number of hydrogen-bond donors (Lipinski definition) is 1. The summed E-state index contributed by atoms with van der Waals surface area (Å²) in [6, 6.07) is 9.93. The molecule has 1 N–H and O–H groups in total. The van der Waals surface area contributed by atoms with Gasteiger partial charge >= 0.3 is 12.0 Å². The van der Waals surface area contributed by atoms with Crippen molar-refractivity contribution in [2.45, 2.75) is 38.9 Å². The zero-order valence-electron chi connectivity index (χ0n) is 20.4. The maximum Gasteiger partial charge on any atom is 0.352 e. The average molecular weight is 508 g/mol. The normalized spacial score (nSPS) is 17.7. The van der Waals surface area contributed by atoms with Crippen LogP contribution < -0.4 is 10.2 Å². The second-order valence-corrected chi connectivity index (χ2v) is 9.86. The van der Waals surface area contributed by atoms with E-state index < -0.39 is 5.97 Å². The fraction of sp³-hybridized carbons (Fsp3) is 0.385. The number of esters is 1. The van der Waals surface area contributed by atoms with Crippen molar-refractivity contribution < 1.29 is 19.1 Å². The van der Waals surface area contributed by atoms with Crippen LogP contribution in [0.15, 0.2) is 42.7 Å². The van der Waals surface area contributed by atoms with E-state index in [4.69, 9.17) is 9.47 Å². The number of amides is 2. The first-order chi connectivity index (χ1) is 17.6. The summed E-state index contributed by atoms with van der Waals surface area (Å²) in [5.74, 6) is -0.188. The molecule has 0 aliphatic carbocycles. The highest BCUT2D eigenvalue weighted by Gasteiger charge is 2.32. The number of thiazole rings is 1. The molecule has 2 amide bonds. The van der Waals surface area contributed by atoms with Gasteiger partial charge in [0.05, 0.1) is 19.8 Å². The van der Waals surface area contributed by atoms with Crippen molar-refractivity contribution in [1.29, 1.82) is 0 Å². The van der Waals surface area contributed by atoms with Gasteiger partial charge in [0, 0.05) is 43.3 Å². The molecule has 0 bridgehead atoms. The molecular weight excluding hydrogens is 478 g/mol. The fourth-order valence-corrected chi connectivity index (χ4v) is 5.70. The van der Waals surface area contributed by atoms with Gasteiger partial charge in [0.1, 0.15) is 5.01 Å². The molecule has 4 heterocycles. The molecule has 1 fully saturated rings. The average Bonchev–Trinajstić information content (AvgIpc) is 3.52. The number of likely N-dealkylation sites (tertiary alicyclic amines) is 1. The van der Waals surface area contributed by atoms with Crippen molar-refractivity contribution in [3.8, 4) is 10.6 Å². The first kappa shape index (κ1) is 24.4. The molecule has 36 heavy (non-hydrogen) atoms. The van der Waals surface area contributed by atoms with Gasteiger partial charge in [0.25, 0.3) is 0 Å². The third kappa shape index (κ3) is 4.97. The molecule has 0 spiro atoms. The SMILES string of the molecule is CCOC(=O)c1sc(-c2ccncc2)nc1N1Cc2ccc(CN3CCC[C@H]3COC)cc2NC1=O. The van der Waals surface area contributed by atoms with E-state index in [2.05, 4.69) is 26.3 Å². The van der Waals surface area contributed by atoms with E-state index in [9.17, 15) is 9.59 Å². The van der Waals surface area contributed by atoms with Crippen LogP contribution in [0, 0.1) is 0 Å². The predicted octanol–water partition coefficient (Wildman–Crippen LogP) is 4.54. The molecular formula is C26H29N5O4S. The molecule has 2 aliphatic heterocycles. The Labute approximate surface area is 214 Å². The van der Waals surface area contributed by atoms with E-state index in [0.717, 1.165) is 48.5 Å². The fourth-order valence-electron chi connectivity index (χ4n) is 4.73. The Morgan fingerprint density at radius 3 is 2.86 bits per heavy atom. The Morgan fingerprint density at radius 2 is 2.08 bits per heavy atom. The van der Waals surface area contributed by atoms with Crippen LogP contribution >= 0.6 is 11.3 Å². The molecule has 1 saturated heterocycles.